The molecule has 2 N–H and O–H groups in total. The SMILES string of the molecule is Cl.O=C(N[C@H]1CCCNC1)c1cc(Br)ccc1Cl. The van der Waals surface area contributed by atoms with E-state index in [9.17, 15) is 4.79 Å². The Morgan fingerprint density at radius 1 is 1.50 bits per heavy atom. The van der Waals surface area contributed by atoms with E-state index in [4.69, 9.17) is 11.6 Å². The Hall–Kier alpha value is -0.290. The molecule has 1 aromatic carbocycles. The fraction of sp³-hybridized carbons (Fsp3) is 0.417. The van der Waals surface area contributed by atoms with Crippen LogP contribution in [0.5, 0.6) is 0 Å². The number of hydrogen-bond acceptors (Lipinski definition) is 2. The lowest BCUT2D eigenvalue weighted by Crippen LogP contribution is -2.45. The fourth-order valence-corrected chi connectivity index (χ4v) is 2.47. The Morgan fingerprint density at radius 3 is 2.94 bits per heavy atom. The predicted molar refractivity (Wildman–Crippen MR) is 79.8 cm³/mol. The van der Waals surface area contributed by atoms with Crippen LogP contribution in [0.4, 0.5) is 0 Å². The first-order chi connectivity index (χ1) is 8.16. The zero-order valence-corrected chi connectivity index (χ0v) is 12.9. The van der Waals surface area contributed by atoms with E-state index in [1.54, 1.807) is 12.1 Å². The Kier molecular flexibility index (Phi) is 6.43. The highest BCUT2D eigenvalue weighted by Gasteiger charge is 2.18. The number of halogens is 3. The number of piperidine rings is 1. The van der Waals surface area contributed by atoms with Crippen LogP contribution in [0.3, 0.4) is 0 Å². The van der Waals surface area contributed by atoms with Crippen molar-refractivity contribution < 1.29 is 4.79 Å². The van der Waals surface area contributed by atoms with Gasteiger partial charge >= 0.3 is 0 Å². The second-order valence-electron chi connectivity index (χ2n) is 4.14. The van der Waals surface area contributed by atoms with Gasteiger partial charge in [-0.2, -0.15) is 0 Å². The number of carbonyl (C=O) groups excluding carboxylic acids is 1. The average Bonchev–Trinajstić information content (AvgIpc) is 2.33. The second kappa shape index (κ2) is 7.34. The molecule has 1 heterocycles. The molecule has 3 nitrogen and oxygen atoms in total. The van der Waals surface area contributed by atoms with Gasteiger partial charge in [0.15, 0.2) is 0 Å². The van der Waals surface area contributed by atoms with Gasteiger partial charge in [0.25, 0.3) is 5.91 Å². The number of nitrogens with one attached hydrogen (secondary N) is 2. The van der Waals surface area contributed by atoms with Crippen molar-refractivity contribution in [2.24, 2.45) is 0 Å². The molecule has 0 aromatic heterocycles. The summed E-state index contributed by atoms with van der Waals surface area (Å²) in [5, 5.41) is 6.74. The minimum Gasteiger partial charge on any atom is -0.348 e. The molecule has 1 saturated heterocycles. The summed E-state index contributed by atoms with van der Waals surface area (Å²) >= 11 is 9.35. The van der Waals surface area contributed by atoms with E-state index in [2.05, 4.69) is 26.6 Å². The van der Waals surface area contributed by atoms with Gasteiger partial charge in [-0.05, 0) is 37.6 Å². The maximum atomic E-state index is 12.0. The molecule has 1 amide bonds. The summed E-state index contributed by atoms with van der Waals surface area (Å²) in [4.78, 5) is 12.0. The molecule has 1 aliphatic heterocycles. The number of benzene rings is 1. The summed E-state index contributed by atoms with van der Waals surface area (Å²) in [5.74, 6) is -0.106. The molecule has 0 bridgehead atoms. The summed E-state index contributed by atoms with van der Waals surface area (Å²) in [5.41, 5.74) is 0.520. The smallest absolute Gasteiger partial charge is 0.253 e. The highest BCUT2D eigenvalue weighted by atomic mass is 79.9. The first-order valence-corrected chi connectivity index (χ1v) is 6.80. The fourth-order valence-electron chi connectivity index (χ4n) is 1.91. The molecule has 0 unspecified atom stereocenters. The first-order valence-electron chi connectivity index (χ1n) is 5.63. The number of rotatable bonds is 2. The molecular weight excluding hydrogens is 339 g/mol. The van der Waals surface area contributed by atoms with Gasteiger partial charge in [0.2, 0.25) is 0 Å². The van der Waals surface area contributed by atoms with Crippen LogP contribution in [-0.2, 0) is 0 Å². The lowest BCUT2D eigenvalue weighted by Gasteiger charge is -2.24. The third kappa shape index (κ3) is 4.12. The normalized spacial score (nSPS) is 18.9. The zero-order chi connectivity index (χ0) is 12.3. The topological polar surface area (TPSA) is 41.1 Å². The van der Waals surface area contributed by atoms with E-state index in [-0.39, 0.29) is 24.4 Å². The molecule has 1 aliphatic rings. The van der Waals surface area contributed by atoms with Gasteiger partial charge in [-0.3, -0.25) is 4.79 Å². The molecule has 18 heavy (non-hydrogen) atoms. The molecule has 0 spiro atoms. The van der Waals surface area contributed by atoms with Crippen LogP contribution in [0, 0.1) is 0 Å². The Morgan fingerprint density at radius 2 is 2.28 bits per heavy atom. The van der Waals surface area contributed by atoms with E-state index in [1.165, 1.54) is 0 Å². The number of carbonyl (C=O) groups is 1. The second-order valence-corrected chi connectivity index (χ2v) is 5.46. The minimum atomic E-state index is -0.106. The minimum absolute atomic E-state index is 0. The van der Waals surface area contributed by atoms with Crippen LogP contribution in [0.25, 0.3) is 0 Å². The average molecular weight is 354 g/mol. The first kappa shape index (κ1) is 15.8. The van der Waals surface area contributed by atoms with Gasteiger partial charge in [-0.25, -0.2) is 0 Å². The van der Waals surface area contributed by atoms with Crippen LogP contribution < -0.4 is 10.6 Å². The third-order valence-corrected chi connectivity index (χ3v) is 3.63. The molecule has 0 saturated carbocycles. The van der Waals surface area contributed by atoms with Crippen LogP contribution in [0.15, 0.2) is 22.7 Å². The van der Waals surface area contributed by atoms with Crippen molar-refractivity contribution in [3.63, 3.8) is 0 Å². The lowest BCUT2D eigenvalue weighted by atomic mass is 10.1. The Bertz CT molecular complexity index is 423. The summed E-state index contributed by atoms with van der Waals surface area (Å²) in [6.45, 7) is 1.86. The summed E-state index contributed by atoms with van der Waals surface area (Å²) in [6.07, 6.45) is 2.11. The van der Waals surface area contributed by atoms with Crippen molar-refractivity contribution in [3.05, 3.63) is 33.3 Å². The van der Waals surface area contributed by atoms with Crippen LogP contribution in [0.1, 0.15) is 23.2 Å². The van der Waals surface area contributed by atoms with Gasteiger partial charge in [0.05, 0.1) is 10.6 Å². The van der Waals surface area contributed by atoms with Crippen molar-refractivity contribution >= 4 is 45.8 Å². The summed E-state index contributed by atoms with van der Waals surface area (Å²) in [7, 11) is 0. The van der Waals surface area contributed by atoms with E-state index >= 15 is 0 Å². The number of hydrogen-bond donors (Lipinski definition) is 2. The number of amides is 1. The van der Waals surface area contributed by atoms with Crippen molar-refractivity contribution in [2.45, 2.75) is 18.9 Å². The summed E-state index contributed by atoms with van der Waals surface area (Å²) < 4.78 is 0.855. The molecule has 1 atom stereocenters. The lowest BCUT2D eigenvalue weighted by molar-refractivity contribution is 0.0931. The van der Waals surface area contributed by atoms with Crippen molar-refractivity contribution in [1.29, 1.82) is 0 Å². The van der Waals surface area contributed by atoms with Crippen molar-refractivity contribution in [2.75, 3.05) is 13.1 Å². The van der Waals surface area contributed by atoms with E-state index < -0.39 is 0 Å². The van der Waals surface area contributed by atoms with Gasteiger partial charge in [0.1, 0.15) is 0 Å². The maximum Gasteiger partial charge on any atom is 0.253 e. The van der Waals surface area contributed by atoms with Crippen LogP contribution in [-0.4, -0.2) is 25.0 Å². The largest absolute Gasteiger partial charge is 0.348 e. The highest BCUT2D eigenvalue weighted by molar-refractivity contribution is 9.10. The highest BCUT2D eigenvalue weighted by Crippen LogP contribution is 2.21. The molecule has 1 fully saturated rings. The molecule has 1 aromatic rings. The van der Waals surface area contributed by atoms with Crippen molar-refractivity contribution in [1.82, 2.24) is 10.6 Å². The summed E-state index contributed by atoms with van der Waals surface area (Å²) in [6, 6.07) is 5.49. The standard InChI is InChI=1S/C12H14BrClN2O.ClH/c13-8-3-4-11(14)10(6-8)12(17)16-9-2-1-5-15-7-9;/h3-4,6,9,15H,1-2,5,7H2,(H,16,17);1H/t9-;/m0./s1. The Balaban J connectivity index is 0.00000162. The maximum absolute atomic E-state index is 12.0. The quantitative estimate of drug-likeness (QED) is 0.858. The Labute approximate surface area is 126 Å². The molecule has 6 heteroatoms. The van der Waals surface area contributed by atoms with E-state index in [0.717, 1.165) is 30.4 Å². The van der Waals surface area contributed by atoms with Gasteiger partial charge < -0.3 is 10.6 Å². The van der Waals surface area contributed by atoms with Crippen LogP contribution >= 0.6 is 39.9 Å². The van der Waals surface area contributed by atoms with Crippen molar-refractivity contribution in [3.8, 4) is 0 Å². The monoisotopic (exact) mass is 352 g/mol. The molecule has 0 radical (unpaired) electrons. The van der Waals surface area contributed by atoms with Gasteiger partial charge in [-0.15, -0.1) is 12.4 Å². The molecule has 0 aliphatic carbocycles. The third-order valence-electron chi connectivity index (χ3n) is 2.81. The molecule has 100 valence electrons. The van der Waals surface area contributed by atoms with E-state index in [0.29, 0.717) is 10.6 Å². The predicted octanol–water partition coefficient (Wildman–Crippen LogP) is 3.01. The molecular formula is C12H15BrCl2N2O. The zero-order valence-electron chi connectivity index (χ0n) is 9.71. The van der Waals surface area contributed by atoms with E-state index in [1.807, 2.05) is 6.07 Å². The molecule has 2 rings (SSSR count). The van der Waals surface area contributed by atoms with Crippen LogP contribution in [0.2, 0.25) is 5.02 Å². The van der Waals surface area contributed by atoms with Gasteiger partial charge in [-0.1, -0.05) is 27.5 Å². The van der Waals surface area contributed by atoms with Gasteiger partial charge in [0, 0.05) is 17.1 Å².